The number of hydrogen-bond donors (Lipinski definition) is 1. The second-order valence-electron chi connectivity index (χ2n) is 3.97. The summed E-state index contributed by atoms with van der Waals surface area (Å²) in [6.07, 6.45) is 0. The third-order valence-corrected chi connectivity index (χ3v) is 5.12. The lowest BCUT2D eigenvalue weighted by molar-refractivity contribution is 0.535. The number of sulfone groups is 1. The van der Waals surface area contributed by atoms with E-state index in [1.807, 2.05) is 20.8 Å². The Bertz CT molecular complexity index is 234. The summed E-state index contributed by atoms with van der Waals surface area (Å²) >= 11 is 0. The van der Waals surface area contributed by atoms with Crippen molar-refractivity contribution in [2.24, 2.45) is 5.92 Å². The van der Waals surface area contributed by atoms with Gasteiger partial charge in [-0.1, -0.05) is 13.8 Å². The van der Waals surface area contributed by atoms with E-state index < -0.39 is 9.84 Å². The summed E-state index contributed by atoms with van der Waals surface area (Å²) < 4.78 is 23.4. The van der Waals surface area contributed by atoms with Gasteiger partial charge in [0, 0.05) is 6.04 Å². The Labute approximate surface area is 81.8 Å². The second-order valence-corrected chi connectivity index (χ2v) is 6.37. The molecule has 4 heteroatoms. The lowest BCUT2D eigenvalue weighted by atomic mass is 10.2. The van der Waals surface area contributed by atoms with Crippen LogP contribution in [0.15, 0.2) is 0 Å². The lowest BCUT2D eigenvalue weighted by Crippen LogP contribution is -2.35. The molecule has 0 aromatic carbocycles. The fourth-order valence-corrected chi connectivity index (χ4v) is 2.99. The molecule has 0 amide bonds. The molecule has 2 atom stereocenters. The zero-order chi connectivity index (χ0) is 10.6. The average Bonchev–Trinajstić information content (AvgIpc) is 2.01. The summed E-state index contributed by atoms with van der Waals surface area (Å²) in [7, 11) is -1.16. The van der Waals surface area contributed by atoms with E-state index in [4.69, 9.17) is 0 Å². The molecule has 0 radical (unpaired) electrons. The maximum Gasteiger partial charge on any atom is 0.154 e. The van der Waals surface area contributed by atoms with Crippen molar-refractivity contribution in [3.8, 4) is 0 Å². The Kier molecular flexibility index (Phi) is 4.92. The largest absolute Gasteiger partial charge is 0.316 e. The molecule has 0 aromatic rings. The summed E-state index contributed by atoms with van der Waals surface area (Å²) in [5, 5.41) is 2.69. The Morgan fingerprint density at radius 3 is 1.92 bits per heavy atom. The molecule has 13 heavy (non-hydrogen) atoms. The Hall–Kier alpha value is -0.0900. The topological polar surface area (TPSA) is 46.2 Å². The molecule has 0 aromatic heterocycles. The van der Waals surface area contributed by atoms with E-state index in [9.17, 15) is 8.42 Å². The van der Waals surface area contributed by atoms with Gasteiger partial charge in [0.1, 0.15) is 0 Å². The molecule has 0 aliphatic heterocycles. The van der Waals surface area contributed by atoms with Crippen molar-refractivity contribution >= 4 is 9.84 Å². The molecule has 0 heterocycles. The highest BCUT2D eigenvalue weighted by atomic mass is 32.2. The van der Waals surface area contributed by atoms with E-state index >= 15 is 0 Å². The van der Waals surface area contributed by atoms with E-state index in [1.165, 1.54) is 0 Å². The normalized spacial score (nSPS) is 17.4. The van der Waals surface area contributed by atoms with Gasteiger partial charge in [0.2, 0.25) is 0 Å². The molecule has 0 spiro atoms. The minimum Gasteiger partial charge on any atom is -0.316 e. The quantitative estimate of drug-likeness (QED) is 0.733. The molecule has 80 valence electrons. The molecule has 0 saturated heterocycles. The molecule has 0 saturated carbocycles. The first kappa shape index (κ1) is 12.9. The van der Waals surface area contributed by atoms with Gasteiger partial charge in [-0.3, -0.25) is 0 Å². The standard InChI is InChI=1S/C9H21NO2S/c1-7(2)9(4)13(11,12)6-8(3)10-5/h7-10H,6H2,1-5H3. The first-order valence-corrected chi connectivity index (χ1v) is 6.41. The third-order valence-electron chi connectivity index (χ3n) is 2.48. The first-order chi connectivity index (χ1) is 5.81. The summed E-state index contributed by atoms with van der Waals surface area (Å²) in [4.78, 5) is 0. The molecular formula is C9H21NO2S. The van der Waals surface area contributed by atoms with Crippen LogP contribution in [0.4, 0.5) is 0 Å². The van der Waals surface area contributed by atoms with Crippen molar-refractivity contribution in [2.75, 3.05) is 12.8 Å². The monoisotopic (exact) mass is 207 g/mol. The molecule has 3 nitrogen and oxygen atoms in total. The van der Waals surface area contributed by atoms with Crippen LogP contribution in [-0.2, 0) is 9.84 Å². The highest BCUT2D eigenvalue weighted by molar-refractivity contribution is 7.92. The predicted octanol–water partition coefficient (Wildman–Crippen LogP) is 1.05. The number of nitrogens with one attached hydrogen (secondary N) is 1. The fourth-order valence-electron chi connectivity index (χ4n) is 0.998. The van der Waals surface area contributed by atoms with Gasteiger partial charge in [0.15, 0.2) is 9.84 Å². The minimum atomic E-state index is -2.93. The van der Waals surface area contributed by atoms with Crippen LogP contribution in [-0.4, -0.2) is 32.5 Å². The van der Waals surface area contributed by atoms with Gasteiger partial charge in [-0.25, -0.2) is 8.42 Å². The maximum absolute atomic E-state index is 11.7. The van der Waals surface area contributed by atoms with Crippen molar-refractivity contribution in [3.63, 3.8) is 0 Å². The van der Waals surface area contributed by atoms with E-state index in [2.05, 4.69) is 5.32 Å². The van der Waals surface area contributed by atoms with E-state index in [0.717, 1.165) is 0 Å². The van der Waals surface area contributed by atoms with E-state index in [-0.39, 0.29) is 23.0 Å². The van der Waals surface area contributed by atoms with Gasteiger partial charge in [-0.05, 0) is 26.8 Å². The van der Waals surface area contributed by atoms with Crippen LogP contribution in [0.5, 0.6) is 0 Å². The van der Waals surface area contributed by atoms with Crippen LogP contribution in [0.3, 0.4) is 0 Å². The highest BCUT2D eigenvalue weighted by Gasteiger charge is 2.25. The molecule has 1 N–H and O–H groups in total. The summed E-state index contributed by atoms with van der Waals surface area (Å²) in [5.74, 6) is 0.414. The van der Waals surface area contributed by atoms with Crippen LogP contribution in [0.2, 0.25) is 0 Å². The molecule has 0 bridgehead atoms. The van der Waals surface area contributed by atoms with Gasteiger partial charge in [-0.2, -0.15) is 0 Å². The van der Waals surface area contributed by atoms with Gasteiger partial charge < -0.3 is 5.32 Å². The third kappa shape index (κ3) is 4.09. The van der Waals surface area contributed by atoms with Crippen LogP contribution >= 0.6 is 0 Å². The summed E-state index contributed by atoms with van der Waals surface area (Å²) in [6.45, 7) is 7.53. The fraction of sp³-hybridized carbons (Fsp3) is 1.00. The van der Waals surface area contributed by atoms with Gasteiger partial charge in [-0.15, -0.1) is 0 Å². The van der Waals surface area contributed by atoms with Gasteiger partial charge >= 0.3 is 0 Å². The molecule has 0 fully saturated rings. The highest BCUT2D eigenvalue weighted by Crippen LogP contribution is 2.13. The first-order valence-electron chi connectivity index (χ1n) is 4.70. The van der Waals surface area contributed by atoms with Gasteiger partial charge in [0.25, 0.3) is 0 Å². The van der Waals surface area contributed by atoms with Crippen LogP contribution < -0.4 is 5.32 Å². The van der Waals surface area contributed by atoms with Crippen molar-refractivity contribution in [2.45, 2.75) is 39.0 Å². The van der Waals surface area contributed by atoms with Crippen molar-refractivity contribution < 1.29 is 8.42 Å². The lowest BCUT2D eigenvalue weighted by Gasteiger charge is -2.18. The molecule has 2 unspecified atom stereocenters. The average molecular weight is 207 g/mol. The Morgan fingerprint density at radius 2 is 1.62 bits per heavy atom. The summed E-state index contributed by atoms with van der Waals surface area (Å²) in [6, 6.07) is 0.0335. The van der Waals surface area contributed by atoms with Crippen LogP contribution in [0.1, 0.15) is 27.7 Å². The van der Waals surface area contributed by atoms with Crippen molar-refractivity contribution in [1.29, 1.82) is 0 Å². The second kappa shape index (κ2) is 4.96. The molecule has 0 rings (SSSR count). The molecule has 0 aliphatic rings. The summed E-state index contributed by atoms with van der Waals surface area (Å²) in [5.41, 5.74) is 0. The van der Waals surface area contributed by atoms with Crippen LogP contribution in [0, 0.1) is 5.92 Å². The minimum absolute atomic E-state index is 0.0335. The van der Waals surface area contributed by atoms with E-state index in [0.29, 0.717) is 0 Å². The maximum atomic E-state index is 11.7. The Balaban J connectivity index is 4.41. The van der Waals surface area contributed by atoms with Crippen molar-refractivity contribution in [1.82, 2.24) is 5.32 Å². The van der Waals surface area contributed by atoms with E-state index in [1.54, 1.807) is 14.0 Å². The number of hydrogen-bond acceptors (Lipinski definition) is 3. The molecule has 0 aliphatic carbocycles. The predicted molar refractivity (Wildman–Crippen MR) is 56.6 cm³/mol. The smallest absolute Gasteiger partial charge is 0.154 e. The zero-order valence-corrected chi connectivity index (χ0v) is 9.98. The zero-order valence-electron chi connectivity index (χ0n) is 9.16. The molecular weight excluding hydrogens is 186 g/mol. The van der Waals surface area contributed by atoms with Gasteiger partial charge in [0.05, 0.1) is 11.0 Å². The van der Waals surface area contributed by atoms with Crippen molar-refractivity contribution in [3.05, 3.63) is 0 Å². The Morgan fingerprint density at radius 1 is 1.15 bits per heavy atom. The SMILES string of the molecule is CNC(C)CS(=O)(=O)C(C)C(C)C. The number of rotatable bonds is 5. The van der Waals surface area contributed by atoms with Crippen LogP contribution in [0.25, 0.3) is 0 Å².